The van der Waals surface area contributed by atoms with E-state index in [0.29, 0.717) is 27.7 Å². The summed E-state index contributed by atoms with van der Waals surface area (Å²) in [7, 11) is 0. The molecular weight excluding hydrogens is 312 g/mol. The lowest BCUT2D eigenvalue weighted by atomic mass is 10.1. The number of benzene rings is 2. The van der Waals surface area contributed by atoms with Crippen LogP contribution in [-0.2, 0) is 0 Å². The Hall–Kier alpha value is -2.04. The summed E-state index contributed by atoms with van der Waals surface area (Å²) in [5, 5.41) is 4.99. The van der Waals surface area contributed by atoms with Crippen LogP contribution in [0, 0.1) is 5.82 Å². The molecule has 1 heterocycles. The average molecular weight is 322 g/mol. The molecule has 21 heavy (non-hydrogen) atoms. The first-order valence-corrected chi connectivity index (χ1v) is 6.87. The molecule has 0 atom stereocenters. The van der Waals surface area contributed by atoms with Gasteiger partial charge in [-0.25, -0.2) is 9.07 Å². The zero-order valence-corrected chi connectivity index (χ0v) is 12.2. The molecule has 2 aromatic carbocycles. The predicted octanol–water partition coefficient (Wildman–Crippen LogP) is 4.57. The molecule has 2 N–H and O–H groups in total. The van der Waals surface area contributed by atoms with Crippen LogP contribution in [0.25, 0.3) is 16.9 Å². The summed E-state index contributed by atoms with van der Waals surface area (Å²) < 4.78 is 14.8. The second-order valence-corrected chi connectivity index (χ2v) is 5.27. The molecule has 0 unspecified atom stereocenters. The molecule has 0 aliphatic rings. The second-order valence-electron chi connectivity index (χ2n) is 4.46. The highest BCUT2D eigenvalue weighted by atomic mass is 35.5. The Kier molecular flexibility index (Phi) is 3.57. The van der Waals surface area contributed by atoms with Crippen LogP contribution in [0.3, 0.4) is 0 Å². The lowest BCUT2D eigenvalue weighted by molar-refractivity contribution is 0.628. The second kappa shape index (κ2) is 5.39. The number of anilines is 1. The number of nitrogen functional groups attached to an aromatic ring is 1. The van der Waals surface area contributed by atoms with E-state index in [1.165, 1.54) is 12.1 Å². The van der Waals surface area contributed by atoms with Crippen molar-refractivity contribution in [3.63, 3.8) is 0 Å². The standard InChI is InChI=1S/C15H10Cl2FN3/c16-10-3-1-2-4-14(10)21-8-13(19)15(20-21)9-5-6-12(18)11(17)7-9/h1-8H,19H2. The molecule has 106 valence electrons. The van der Waals surface area contributed by atoms with Crippen molar-refractivity contribution >= 4 is 28.9 Å². The van der Waals surface area contributed by atoms with Crippen molar-refractivity contribution in [1.82, 2.24) is 9.78 Å². The molecule has 3 rings (SSSR count). The molecule has 0 aliphatic heterocycles. The van der Waals surface area contributed by atoms with Crippen LogP contribution >= 0.6 is 23.2 Å². The fraction of sp³-hybridized carbons (Fsp3) is 0. The summed E-state index contributed by atoms with van der Waals surface area (Å²) in [6.07, 6.45) is 1.66. The van der Waals surface area contributed by atoms with E-state index in [9.17, 15) is 4.39 Å². The first kappa shape index (κ1) is 13.9. The van der Waals surface area contributed by atoms with E-state index in [2.05, 4.69) is 5.10 Å². The van der Waals surface area contributed by atoms with Crippen LogP contribution in [0.2, 0.25) is 10.0 Å². The molecule has 0 spiro atoms. The van der Waals surface area contributed by atoms with Gasteiger partial charge in [-0.05, 0) is 30.3 Å². The van der Waals surface area contributed by atoms with Crippen LogP contribution in [0.15, 0.2) is 48.7 Å². The Morgan fingerprint density at radius 2 is 1.81 bits per heavy atom. The molecule has 0 aliphatic carbocycles. The molecule has 0 saturated carbocycles. The van der Waals surface area contributed by atoms with Gasteiger partial charge in [-0.2, -0.15) is 5.10 Å². The van der Waals surface area contributed by atoms with Crippen LogP contribution in [0.1, 0.15) is 0 Å². The Balaban J connectivity index is 2.10. The van der Waals surface area contributed by atoms with Gasteiger partial charge >= 0.3 is 0 Å². The molecule has 3 nitrogen and oxygen atoms in total. The maximum absolute atomic E-state index is 13.2. The quantitative estimate of drug-likeness (QED) is 0.751. The zero-order chi connectivity index (χ0) is 15.0. The van der Waals surface area contributed by atoms with Crippen molar-refractivity contribution in [3.8, 4) is 16.9 Å². The molecule has 0 radical (unpaired) electrons. The predicted molar refractivity (Wildman–Crippen MR) is 83.4 cm³/mol. The SMILES string of the molecule is Nc1cn(-c2ccccc2Cl)nc1-c1ccc(F)c(Cl)c1. The molecule has 6 heteroatoms. The highest BCUT2D eigenvalue weighted by Gasteiger charge is 2.12. The van der Waals surface area contributed by atoms with Crippen molar-refractivity contribution in [1.29, 1.82) is 0 Å². The summed E-state index contributed by atoms with van der Waals surface area (Å²) in [5.41, 5.74) is 8.32. The molecule has 0 fully saturated rings. The minimum Gasteiger partial charge on any atom is -0.396 e. The van der Waals surface area contributed by atoms with Crippen LogP contribution < -0.4 is 5.73 Å². The highest BCUT2D eigenvalue weighted by molar-refractivity contribution is 6.32. The first-order valence-electron chi connectivity index (χ1n) is 6.12. The summed E-state index contributed by atoms with van der Waals surface area (Å²) in [6.45, 7) is 0. The monoisotopic (exact) mass is 321 g/mol. The number of hydrogen-bond donors (Lipinski definition) is 1. The number of nitrogens with zero attached hydrogens (tertiary/aromatic N) is 2. The fourth-order valence-electron chi connectivity index (χ4n) is 2.02. The van der Waals surface area contributed by atoms with E-state index in [4.69, 9.17) is 28.9 Å². The zero-order valence-electron chi connectivity index (χ0n) is 10.7. The van der Waals surface area contributed by atoms with Gasteiger partial charge in [0, 0.05) is 5.56 Å². The minimum atomic E-state index is -0.482. The van der Waals surface area contributed by atoms with E-state index in [1.54, 1.807) is 23.0 Å². The minimum absolute atomic E-state index is 0.0270. The van der Waals surface area contributed by atoms with Gasteiger partial charge in [0.05, 0.1) is 27.6 Å². The van der Waals surface area contributed by atoms with Gasteiger partial charge in [0.1, 0.15) is 11.5 Å². The van der Waals surface area contributed by atoms with Gasteiger partial charge in [-0.3, -0.25) is 0 Å². The summed E-state index contributed by atoms with van der Waals surface area (Å²) in [5.74, 6) is -0.482. The van der Waals surface area contributed by atoms with Crippen LogP contribution in [0.4, 0.5) is 10.1 Å². The highest BCUT2D eigenvalue weighted by Crippen LogP contribution is 2.30. The lowest BCUT2D eigenvalue weighted by Crippen LogP contribution is -1.95. The van der Waals surface area contributed by atoms with Crippen molar-refractivity contribution in [3.05, 3.63) is 64.5 Å². The van der Waals surface area contributed by atoms with Gasteiger partial charge < -0.3 is 5.73 Å². The average Bonchev–Trinajstić information content (AvgIpc) is 2.84. The number of nitrogens with two attached hydrogens (primary N) is 1. The summed E-state index contributed by atoms with van der Waals surface area (Å²) >= 11 is 11.9. The fourth-order valence-corrected chi connectivity index (χ4v) is 2.42. The van der Waals surface area contributed by atoms with E-state index in [0.717, 1.165) is 0 Å². The largest absolute Gasteiger partial charge is 0.396 e. The van der Waals surface area contributed by atoms with Gasteiger partial charge in [0.2, 0.25) is 0 Å². The molecule has 0 bridgehead atoms. The van der Waals surface area contributed by atoms with E-state index < -0.39 is 5.82 Å². The Morgan fingerprint density at radius 1 is 1.05 bits per heavy atom. The topological polar surface area (TPSA) is 43.8 Å². The smallest absolute Gasteiger partial charge is 0.141 e. The Bertz CT molecular complexity index is 814. The number of hydrogen-bond acceptors (Lipinski definition) is 2. The Labute approximate surface area is 130 Å². The number of para-hydroxylation sites is 1. The van der Waals surface area contributed by atoms with Crippen molar-refractivity contribution in [2.24, 2.45) is 0 Å². The summed E-state index contributed by atoms with van der Waals surface area (Å²) in [6, 6.07) is 11.6. The molecule has 1 aromatic heterocycles. The number of rotatable bonds is 2. The van der Waals surface area contributed by atoms with Crippen LogP contribution in [0.5, 0.6) is 0 Å². The lowest BCUT2D eigenvalue weighted by Gasteiger charge is -2.03. The normalized spacial score (nSPS) is 10.8. The summed E-state index contributed by atoms with van der Waals surface area (Å²) in [4.78, 5) is 0. The van der Waals surface area contributed by atoms with Crippen molar-refractivity contribution in [2.45, 2.75) is 0 Å². The third-order valence-electron chi connectivity index (χ3n) is 3.03. The van der Waals surface area contributed by atoms with E-state index in [1.807, 2.05) is 18.2 Å². The van der Waals surface area contributed by atoms with Gasteiger partial charge in [0.25, 0.3) is 0 Å². The molecule has 3 aromatic rings. The third-order valence-corrected chi connectivity index (χ3v) is 3.64. The molecule has 0 saturated heterocycles. The molecular formula is C15H10Cl2FN3. The maximum Gasteiger partial charge on any atom is 0.141 e. The van der Waals surface area contributed by atoms with Gasteiger partial charge in [-0.15, -0.1) is 0 Å². The van der Waals surface area contributed by atoms with Crippen LogP contribution in [-0.4, -0.2) is 9.78 Å². The number of halogens is 3. The Morgan fingerprint density at radius 3 is 2.52 bits per heavy atom. The maximum atomic E-state index is 13.2. The van der Waals surface area contributed by atoms with E-state index in [-0.39, 0.29) is 5.02 Å². The van der Waals surface area contributed by atoms with Gasteiger partial charge in [0.15, 0.2) is 0 Å². The first-order chi connectivity index (χ1) is 10.1. The molecule has 0 amide bonds. The number of aromatic nitrogens is 2. The third kappa shape index (κ3) is 2.60. The van der Waals surface area contributed by atoms with Crippen molar-refractivity contribution in [2.75, 3.05) is 5.73 Å². The van der Waals surface area contributed by atoms with Gasteiger partial charge in [-0.1, -0.05) is 35.3 Å². The van der Waals surface area contributed by atoms with Crippen molar-refractivity contribution < 1.29 is 4.39 Å². The van der Waals surface area contributed by atoms with E-state index >= 15 is 0 Å².